The van der Waals surface area contributed by atoms with Crippen molar-refractivity contribution >= 4 is 23.0 Å². The molecule has 3 heterocycles. The topological polar surface area (TPSA) is 95.4 Å². The first-order chi connectivity index (χ1) is 16.5. The molecule has 0 atom stereocenters. The van der Waals surface area contributed by atoms with Crippen LogP contribution in [0.3, 0.4) is 0 Å². The number of benzene rings is 1. The van der Waals surface area contributed by atoms with E-state index in [0.29, 0.717) is 19.5 Å². The Morgan fingerprint density at radius 1 is 1.17 bits per heavy atom. The van der Waals surface area contributed by atoms with Crippen molar-refractivity contribution in [3.8, 4) is 16.8 Å². The number of aryl methyl sites for hydroxylation is 2. The molecule has 0 bridgehead atoms. The van der Waals surface area contributed by atoms with E-state index in [4.69, 9.17) is 15.5 Å². The fourth-order valence-electron chi connectivity index (χ4n) is 3.66. The van der Waals surface area contributed by atoms with Crippen LogP contribution < -0.4 is 5.73 Å². The van der Waals surface area contributed by atoms with Crippen LogP contribution in [0.4, 0.5) is 0 Å². The van der Waals surface area contributed by atoms with Crippen LogP contribution in [-0.4, -0.2) is 38.6 Å². The molecule has 8 heteroatoms. The summed E-state index contributed by atoms with van der Waals surface area (Å²) < 4.78 is 6.94. The van der Waals surface area contributed by atoms with Gasteiger partial charge < -0.3 is 10.5 Å². The maximum Gasteiger partial charge on any atom is 0.303 e. The Hall–Kier alpha value is -3.28. The van der Waals surface area contributed by atoms with Gasteiger partial charge in [-0.1, -0.05) is 24.0 Å². The Labute approximate surface area is 211 Å². The van der Waals surface area contributed by atoms with Crippen molar-refractivity contribution in [1.29, 1.82) is 0 Å². The molecule has 3 aromatic rings. The van der Waals surface area contributed by atoms with Crippen LogP contribution >= 0.6 is 11.3 Å². The standard InChI is InChI=1S/C21H21N5S.C6H12O2/c1-13-14(2)27-21-19(13)20(23-12-18-25-24-15(3)26(18)21)17-9-7-16(8-10-17)6-4-5-11-22;1-5(7)8-6(2,3)4/h7-10H,5,11-12,22H2,1-3H3;1-4H3. The van der Waals surface area contributed by atoms with E-state index in [9.17, 15) is 4.79 Å². The molecule has 0 spiro atoms. The van der Waals surface area contributed by atoms with Crippen LogP contribution in [0.1, 0.15) is 72.9 Å². The van der Waals surface area contributed by atoms with Gasteiger partial charge in [0, 0.05) is 41.5 Å². The molecule has 1 aliphatic rings. The highest BCUT2D eigenvalue weighted by Crippen LogP contribution is 2.36. The molecule has 1 aromatic carbocycles. The second-order valence-electron chi connectivity index (χ2n) is 9.25. The SMILES string of the molecule is CC(=O)OC(C)(C)C.Cc1sc2c(c1C)C(c1ccc(C#CCCN)cc1)=NCc1nnc(C)n1-2. The summed E-state index contributed by atoms with van der Waals surface area (Å²) in [5, 5.41) is 9.73. The second kappa shape index (κ2) is 11.0. The molecule has 0 aliphatic carbocycles. The van der Waals surface area contributed by atoms with Crippen LogP contribution in [0.25, 0.3) is 5.00 Å². The molecule has 1 aliphatic heterocycles. The molecule has 184 valence electrons. The van der Waals surface area contributed by atoms with Gasteiger partial charge in [-0.15, -0.1) is 21.5 Å². The summed E-state index contributed by atoms with van der Waals surface area (Å²) in [7, 11) is 0. The first-order valence-corrected chi connectivity index (χ1v) is 12.4. The molecule has 0 unspecified atom stereocenters. The third kappa shape index (κ3) is 6.44. The summed E-state index contributed by atoms with van der Waals surface area (Å²) in [4.78, 5) is 16.4. The number of nitrogens with two attached hydrogens (primary N) is 1. The van der Waals surface area contributed by atoms with Gasteiger partial charge in [-0.3, -0.25) is 14.4 Å². The van der Waals surface area contributed by atoms with Crippen molar-refractivity contribution < 1.29 is 9.53 Å². The number of hydrogen-bond acceptors (Lipinski definition) is 7. The quantitative estimate of drug-likeness (QED) is 0.416. The predicted octanol–water partition coefficient (Wildman–Crippen LogP) is 4.65. The van der Waals surface area contributed by atoms with Gasteiger partial charge in [0.15, 0.2) is 5.82 Å². The minimum atomic E-state index is -0.328. The maximum absolute atomic E-state index is 10.2. The molecule has 0 saturated heterocycles. The monoisotopic (exact) mass is 491 g/mol. The summed E-state index contributed by atoms with van der Waals surface area (Å²) >= 11 is 1.77. The largest absolute Gasteiger partial charge is 0.460 e. The van der Waals surface area contributed by atoms with Crippen LogP contribution in [-0.2, 0) is 16.1 Å². The average molecular weight is 492 g/mol. The maximum atomic E-state index is 10.2. The average Bonchev–Trinajstić information content (AvgIpc) is 3.21. The van der Waals surface area contributed by atoms with Crippen molar-refractivity contribution in [3.05, 3.63) is 63.0 Å². The number of fused-ring (bicyclic) bond motifs is 3. The Morgan fingerprint density at radius 3 is 2.43 bits per heavy atom. The first-order valence-electron chi connectivity index (χ1n) is 11.6. The highest BCUT2D eigenvalue weighted by atomic mass is 32.1. The number of ether oxygens (including phenoxy) is 1. The summed E-state index contributed by atoms with van der Waals surface area (Å²) in [6, 6.07) is 8.29. The smallest absolute Gasteiger partial charge is 0.303 e. The summed E-state index contributed by atoms with van der Waals surface area (Å²) in [5.41, 5.74) is 10.7. The number of esters is 1. The summed E-state index contributed by atoms with van der Waals surface area (Å²) in [5.74, 6) is 7.79. The molecule has 0 saturated carbocycles. The van der Waals surface area contributed by atoms with Gasteiger partial charge in [0.1, 0.15) is 23.0 Å². The number of aliphatic imine (C=N–C) groups is 1. The third-order valence-corrected chi connectivity index (χ3v) is 6.38. The molecule has 4 rings (SSSR count). The Kier molecular flexibility index (Phi) is 8.26. The van der Waals surface area contributed by atoms with Gasteiger partial charge in [-0.05, 0) is 59.2 Å². The summed E-state index contributed by atoms with van der Waals surface area (Å²) in [6.45, 7) is 14.4. The zero-order valence-electron chi connectivity index (χ0n) is 21.5. The number of rotatable bonds is 2. The molecule has 0 fully saturated rings. The molecular weight excluding hydrogens is 458 g/mol. The Balaban J connectivity index is 0.000000371. The fourth-order valence-corrected chi connectivity index (χ4v) is 4.89. The third-order valence-electron chi connectivity index (χ3n) is 5.19. The second-order valence-corrected chi connectivity index (χ2v) is 10.5. The van der Waals surface area contributed by atoms with Crippen LogP contribution in [0.5, 0.6) is 0 Å². The van der Waals surface area contributed by atoms with Crippen molar-refractivity contribution in [2.24, 2.45) is 10.7 Å². The number of thiophene rings is 1. The van der Waals surface area contributed by atoms with Crippen LogP contribution in [0, 0.1) is 32.6 Å². The minimum absolute atomic E-state index is 0.225. The van der Waals surface area contributed by atoms with Gasteiger partial charge >= 0.3 is 5.97 Å². The number of nitrogens with zero attached hydrogens (tertiary/aromatic N) is 4. The van der Waals surface area contributed by atoms with Crippen molar-refractivity contribution in [1.82, 2.24) is 14.8 Å². The number of hydrogen-bond donors (Lipinski definition) is 1. The van der Waals surface area contributed by atoms with E-state index >= 15 is 0 Å². The number of carbonyl (C=O) groups is 1. The predicted molar refractivity (Wildman–Crippen MR) is 141 cm³/mol. The van der Waals surface area contributed by atoms with Crippen molar-refractivity contribution in [2.45, 2.75) is 67.0 Å². The lowest BCUT2D eigenvalue weighted by Gasteiger charge is -2.17. The fraction of sp³-hybridized carbons (Fsp3) is 0.407. The number of carbonyl (C=O) groups excluding carboxylic acids is 1. The molecule has 7 nitrogen and oxygen atoms in total. The zero-order valence-corrected chi connectivity index (χ0v) is 22.3. The first kappa shape index (κ1) is 26.3. The van der Waals surface area contributed by atoms with E-state index in [1.165, 1.54) is 22.9 Å². The Morgan fingerprint density at radius 2 is 1.86 bits per heavy atom. The van der Waals surface area contributed by atoms with Gasteiger partial charge in [0.2, 0.25) is 0 Å². The lowest BCUT2D eigenvalue weighted by atomic mass is 9.99. The van der Waals surface area contributed by atoms with E-state index in [1.54, 1.807) is 11.3 Å². The van der Waals surface area contributed by atoms with Crippen LogP contribution in [0.15, 0.2) is 29.3 Å². The molecule has 2 aromatic heterocycles. The van der Waals surface area contributed by atoms with Gasteiger partial charge in [0.25, 0.3) is 0 Å². The normalized spacial score (nSPS) is 12.2. The molecule has 0 amide bonds. The number of aromatic nitrogens is 3. The minimum Gasteiger partial charge on any atom is -0.460 e. The molecule has 35 heavy (non-hydrogen) atoms. The Bertz CT molecular complexity index is 1300. The van der Waals surface area contributed by atoms with E-state index in [0.717, 1.165) is 33.5 Å². The summed E-state index contributed by atoms with van der Waals surface area (Å²) in [6.07, 6.45) is 0.712. The van der Waals surface area contributed by atoms with Gasteiger partial charge in [-0.2, -0.15) is 0 Å². The van der Waals surface area contributed by atoms with Gasteiger partial charge in [0.05, 0.1) is 5.71 Å². The molecule has 0 radical (unpaired) electrons. The van der Waals surface area contributed by atoms with Crippen molar-refractivity contribution in [2.75, 3.05) is 6.54 Å². The zero-order chi connectivity index (χ0) is 25.8. The highest BCUT2D eigenvalue weighted by molar-refractivity contribution is 7.15. The lowest BCUT2D eigenvalue weighted by molar-refractivity contribution is -0.151. The molecular formula is C27H33N5O2S. The van der Waals surface area contributed by atoms with Crippen LogP contribution in [0.2, 0.25) is 0 Å². The van der Waals surface area contributed by atoms with Gasteiger partial charge in [-0.25, -0.2) is 0 Å². The highest BCUT2D eigenvalue weighted by Gasteiger charge is 2.26. The van der Waals surface area contributed by atoms with Crippen molar-refractivity contribution in [3.63, 3.8) is 0 Å². The van der Waals surface area contributed by atoms with E-state index in [-0.39, 0.29) is 11.6 Å². The van der Waals surface area contributed by atoms with E-state index in [1.807, 2.05) is 39.8 Å². The van der Waals surface area contributed by atoms with E-state index in [2.05, 4.69) is 52.6 Å². The van der Waals surface area contributed by atoms with E-state index < -0.39 is 0 Å². The molecule has 2 N–H and O–H groups in total. The lowest BCUT2D eigenvalue weighted by Crippen LogP contribution is -2.21.